The number of amides is 2. The van der Waals surface area contributed by atoms with Crippen LogP contribution >= 0.6 is 0 Å². The Labute approximate surface area is 233 Å². The summed E-state index contributed by atoms with van der Waals surface area (Å²) in [6.07, 6.45) is 10.8. The number of hydrogen-bond donors (Lipinski definition) is 3. The summed E-state index contributed by atoms with van der Waals surface area (Å²) >= 11 is 0. The highest BCUT2D eigenvalue weighted by Gasteiger charge is 2.43. The number of nitrogens with zero attached hydrogens (tertiary/aromatic N) is 2. The van der Waals surface area contributed by atoms with Gasteiger partial charge < -0.3 is 15.7 Å². The number of carboxylic acid groups (broad SMARTS) is 1. The van der Waals surface area contributed by atoms with Gasteiger partial charge in [0.2, 0.25) is 0 Å². The fourth-order valence-corrected chi connectivity index (χ4v) is 7.38. The number of carbonyl (C=O) groups excluding carboxylic acids is 1. The molecule has 3 N–H and O–H groups in total. The van der Waals surface area contributed by atoms with E-state index in [9.17, 15) is 4.79 Å². The molecule has 6 rings (SSSR count). The summed E-state index contributed by atoms with van der Waals surface area (Å²) in [5.74, 6) is 0.808. The second-order valence-corrected chi connectivity index (χ2v) is 11.7. The molecule has 2 aromatic carbocycles. The predicted octanol–water partition coefficient (Wildman–Crippen LogP) is 5.49. The van der Waals surface area contributed by atoms with Gasteiger partial charge in [0.25, 0.3) is 6.47 Å². The van der Waals surface area contributed by atoms with Gasteiger partial charge in [0.05, 0.1) is 0 Å². The van der Waals surface area contributed by atoms with Gasteiger partial charge in [-0.05, 0) is 86.9 Å². The van der Waals surface area contributed by atoms with Gasteiger partial charge in [0, 0.05) is 43.8 Å². The second kappa shape index (κ2) is 13.4. The number of benzene rings is 2. The maximum atomic E-state index is 12.7. The van der Waals surface area contributed by atoms with E-state index in [2.05, 4.69) is 75.0 Å². The van der Waals surface area contributed by atoms with Gasteiger partial charge in [0.1, 0.15) is 0 Å². The van der Waals surface area contributed by atoms with Crippen LogP contribution in [0.2, 0.25) is 0 Å². The summed E-state index contributed by atoms with van der Waals surface area (Å²) < 4.78 is 0. The van der Waals surface area contributed by atoms with Crippen LogP contribution in [-0.2, 0) is 11.3 Å². The normalized spacial score (nSPS) is 26.8. The molecule has 210 valence electrons. The molecule has 2 aromatic rings. The Morgan fingerprint density at radius 3 is 1.92 bits per heavy atom. The van der Waals surface area contributed by atoms with Crippen molar-refractivity contribution in [2.75, 3.05) is 19.6 Å². The smallest absolute Gasteiger partial charge is 0.315 e. The van der Waals surface area contributed by atoms with Crippen LogP contribution in [-0.4, -0.2) is 59.1 Å². The number of rotatable bonds is 7. The number of nitrogens with one attached hydrogen (secondary N) is 2. The van der Waals surface area contributed by atoms with Crippen molar-refractivity contribution < 1.29 is 14.7 Å². The van der Waals surface area contributed by atoms with Crippen molar-refractivity contribution in [2.24, 2.45) is 5.92 Å². The highest BCUT2D eigenvalue weighted by molar-refractivity contribution is 5.74. The Bertz CT molecular complexity index is 1030. The van der Waals surface area contributed by atoms with E-state index in [0.29, 0.717) is 24.2 Å². The van der Waals surface area contributed by atoms with Crippen molar-refractivity contribution in [3.05, 3.63) is 71.3 Å². The third-order valence-corrected chi connectivity index (χ3v) is 9.38. The van der Waals surface area contributed by atoms with Crippen molar-refractivity contribution in [1.82, 2.24) is 20.4 Å². The molecule has 3 aliphatic heterocycles. The van der Waals surface area contributed by atoms with Crippen LogP contribution in [0.25, 0.3) is 0 Å². The molecule has 2 amide bonds. The summed E-state index contributed by atoms with van der Waals surface area (Å²) in [5, 5.41) is 13.5. The van der Waals surface area contributed by atoms with E-state index in [-0.39, 0.29) is 12.5 Å². The molecule has 2 unspecified atom stereocenters. The lowest BCUT2D eigenvalue weighted by Crippen LogP contribution is -2.50. The minimum atomic E-state index is -0.250. The first-order valence-corrected chi connectivity index (χ1v) is 14.9. The zero-order chi connectivity index (χ0) is 27.0. The molecule has 2 atom stereocenters. The molecule has 1 aliphatic carbocycles. The number of hydrogen-bond acceptors (Lipinski definition) is 4. The maximum Gasteiger partial charge on any atom is 0.315 e. The molecule has 2 bridgehead atoms. The summed E-state index contributed by atoms with van der Waals surface area (Å²) in [5.41, 5.74) is 4.55. The third kappa shape index (κ3) is 7.00. The largest absolute Gasteiger partial charge is 0.483 e. The molecule has 3 fully saturated rings. The third-order valence-electron chi connectivity index (χ3n) is 9.38. The van der Waals surface area contributed by atoms with Crippen LogP contribution in [0.15, 0.2) is 54.6 Å². The lowest BCUT2D eigenvalue weighted by atomic mass is 9.84. The number of fused-ring (bicyclic) bond motifs is 5. The maximum absolute atomic E-state index is 12.7. The topological polar surface area (TPSA) is 84.9 Å². The number of likely N-dealkylation sites (tertiary alicyclic amines) is 1. The molecule has 3 heterocycles. The molecular formula is C32H44N4O3. The van der Waals surface area contributed by atoms with E-state index in [0.717, 1.165) is 51.2 Å². The Hall–Kier alpha value is -2.90. The quantitative estimate of drug-likeness (QED) is 0.411. The van der Waals surface area contributed by atoms with Crippen molar-refractivity contribution >= 4 is 12.5 Å². The lowest BCUT2D eigenvalue weighted by Gasteiger charge is -2.34. The molecule has 4 aliphatic rings. The molecule has 7 heteroatoms. The summed E-state index contributed by atoms with van der Waals surface area (Å²) in [4.78, 5) is 26.3. The van der Waals surface area contributed by atoms with Crippen LogP contribution in [0.4, 0.5) is 4.79 Å². The Kier molecular flexibility index (Phi) is 9.53. The first-order valence-electron chi connectivity index (χ1n) is 14.9. The van der Waals surface area contributed by atoms with Gasteiger partial charge in [-0.1, -0.05) is 54.6 Å². The van der Waals surface area contributed by atoms with Crippen molar-refractivity contribution in [3.63, 3.8) is 0 Å². The molecule has 7 nitrogen and oxygen atoms in total. The fourth-order valence-electron chi connectivity index (χ4n) is 7.38. The van der Waals surface area contributed by atoms with E-state index < -0.39 is 0 Å². The van der Waals surface area contributed by atoms with Crippen LogP contribution < -0.4 is 10.6 Å². The first kappa shape index (κ1) is 27.7. The number of piperidine rings is 1. The van der Waals surface area contributed by atoms with Gasteiger partial charge in [-0.2, -0.15) is 0 Å². The summed E-state index contributed by atoms with van der Waals surface area (Å²) in [6.45, 7) is 4.09. The molecule has 0 spiro atoms. The van der Waals surface area contributed by atoms with Gasteiger partial charge in [-0.3, -0.25) is 14.6 Å². The molecule has 1 saturated carbocycles. The van der Waals surface area contributed by atoms with Crippen LogP contribution in [0.3, 0.4) is 0 Å². The van der Waals surface area contributed by atoms with Crippen molar-refractivity contribution in [1.29, 1.82) is 0 Å². The zero-order valence-corrected chi connectivity index (χ0v) is 23.0. The Balaban J connectivity index is 0.000000983. The van der Waals surface area contributed by atoms with E-state index >= 15 is 0 Å². The van der Waals surface area contributed by atoms with Crippen LogP contribution in [0.5, 0.6) is 0 Å². The molecule has 0 radical (unpaired) electrons. The summed E-state index contributed by atoms with van der Waals surface area (Å²) in [6, 6.07) is 21.8. The first-order chi connectivity index (χ1) is 19.1. The van der Waals surface area contributed by atoms with E-state index in [1.165, 1.54) is 44.2 Å². The van der Waals surface area contributed by atoms with E-state index in [1.807, 2.05) is 0 Å². The number of urea groups is 1. The van der Waals surface area contributed by atoms with Gasteiger partial charge in [0.15, 0.2) is 0 Å². The van der Waals surface area contributed by atoms with Gasteiger partial charge in [-0.15, -0.1) is 0 Å². The molecule has 0 aromatic heterocycles. The van der Waals surface area contributed by atoms with Crippen molar-refractivity contribution in [3.8, 4) is 0 Å². The predicted molar refractivity (Wildman–Crippen MR) is 153 cm³/mol. The minimum Gasteiger partial charge on any atom is -0.483 e. The van der Waals surface area contributed by atoms with Crippen molar-refractivity contribution in [2.45, 2.75) is 88.5 Å². The highest BCUT2D eigenvalue weighted by atomic mass is 16.3. The zero-order valence-electron chi connectivity index (χ0n) is 23.0. The monoisotopic (exact) mass is 532 g/mol. The SMILES string of the molecule is O=C(NC1CCC(CCN2C3CCC2c2ccccc23)CC1)NC1CCN(Cc2ccccc2)CC1.O=CO. The molecular weight excluding hydrogens is 488 g/mol. The van der Waals surface area contributed by atoms with E-state index in [4.69, 9.17) is 9.90 Å². The van der Waals surface area contributed by atoms with Gasteiger partial charge in [-0.25, -0.2) is 4.79 Å². The van der Waals surface area contributed by atoms with E-state index in [1.54, 1.807) is 11.1 Å². The Morgan fingerprint density at radius 2 is 1.33 bits per heavy atom. The standard InChI is InChI=1S/C31H42N4O.CH2O2/c36-31(33-26-17-19-34(20-18-26)22-24-6-2-1-3-7-24)32-25-12-10-23(11-13-25)16-21-35-29-14-15-30(35)28-9-5-4-8-27(28)29;2-1-3/h1-9,23,25-26,29-30H,10-22H2,(H2,32,33,36);1H,(H,2,3). The average molecular weight is 533 g/mol. The van der Waals surface area contributed by atoms with Crippen LogP contribution in [0, 0.1) is 5.92 Å². The fraction of sp³-hybridized carbons (Fsp3) is 0.562. The lowest BCUT2D eigenvalue weighted by molar-refractivity contribution is -0.122. The average Bonchev–Trinajstić information content (AvgIpc) is 3.51. The minimum absolute atomic E-state index is 0.0476. The highest BCUT2D eigenvalue weighted by Crippen LogP contribution is 2.53. The Morgan fingerprint density at radius 1 is 0.795 bits per heavy atom. The summed E-state index contributed by atoms with van der Waals surface area (Å²) in [7, 11) is 0. The molecule has 2 saturated heterocycles. The molecule has 39 heavy (non-hydrogen) atoms. The van der Waals surface area contributed by atoms with Crippen LogP contribution in [0.1, 0.15) is 86.6 Å². The second-order valence-electron chi connectivity index (χ2n) is 11.7. The number of carbonyl (C=O) groups is 2. The van der Waals surface area contributed by atoms with Gasteiger partial charge >= 0.3 is 6.03 Å².